The maximum Gasteiger partial charge on any atom is 0.339 e. The summed E-state index contributed by atoms with van der Waals surface area (Å²) in [4.78, 5) is 36.8. The number of carbonyl (C=O) groups excluding carboxylic acids is 3. The van der Waals surface area contributed by atoms with E-state index in [4.69, 9.17) is 0 Å². The van der Waals surface area contributed by atoms with Gasteiger partial charge in [-0.25, -0.2) is 9.59 Å². The Balaban J connectivity index is 2.38. The zero-order valence-corrected chi connectivity index (χ0v) is 12.7. The summed E-state index contributed by atoms with van der Waals surface area (Å²) in [6.45, 7) is 0. The molecule has 0 saturated carbocycles. The molecule has 2 aromatic rings. The first kappa shape index (κ1) is 16.1. The van der Waals surface area contributed by atoms with Crippen LogP contribution in [-0.2, 0) is 16.5 Å². The van der Waals surface area contributed by atoms with E-state index in [0.29, 0.717) is 0 Å². The second kappa shape index (κ2) is 6.69. The molecule has 1 heterocycles. The van der Waals surface area contributed by atoms with Crippen LogP contribution in [0.1, 0.15) is 31.2 Å². The third kappa shape index (κ3) is 3.51. The fraction of sp³-hybridized carbons (Fsp3) is 0.214. The largest absolute Gasteiger partial charge is 0.465 e. The van der Waals surface area contributed by atoms with Crippen molar-refractivity contribution in [1.82, 2.24) is 15.0 Å². The lowest BCUT2D eigenvalue weighted by Gasteiger charge is -2.10. The lowest BCUT2D eigenvalue weighted by atomic mass is 10.1. The van der Waals surface area contributed by atoms with Gasteiger partial charge in [-0.05, 0) is 18.2 Å². The summed E-state index contributed by atoms with van der Waals surface area (Å²) in [6.07, 6.45) is 1.28. The van der Waals surface area contributed by atoms with Gasteiger partial charge in [0.05, 0.1) is 37.2 Å². The van der Waals surface area contributed by atoms with Gasteiger partial charge in [0.2, 0.25) is 0 Å². The van der Waals surface area contributed by atoms with Gasteiger partial charge in [0, 0.05) is 7.05 Å². The monoisotopic (exact) mass is 318 g/mol. The van der Waals surface area contributed by atoms with Crippen molar-refractivity contribution in [3.63, 3.8) is 0 Å². The lowest BCUT2D eigenvalue weighted by molar-refractivity contribution is 0.0587. The van der Waals surface area contributed by atoms with Gasteiger partial charge in [0.15, 0.2) is 5.69 Å². The van der Waals surface area contributed by atoms with Crippen LogP contribution < -0.4 is 5.32 Å². The Kier molecular flexibility index (Phi) is 4.69. The van der Waals surface area contributed by atoms with Crippen LogP contribution >= 0.6 is 0 Å². The highest BCUT2D eigenvalue weighted by Gasteiger charge is 2.19. The molecule has 1 aromatic carbocycles. The number of hydrogen-bond acceptors (Lipinski definition) is 7. The molecule has 0 unspecified atom stereocenters. The third-order valence-electron chi connectivity index (χ3n) is 2.93. The van der Waals surface area contributed by atoms with E-state index >= 15 is 0 Å². The van der Waals surface area contributed by atoms with Crippen molar-refractivity contribution in [3.8, 4) is 0 Å². The van der Waals surface area contributed by atoms with Gasteiger partial charge < -0.3 is 14.8 Å². The number of aromatic nitrogens is 3. The highest BCUT2D eigenvalue weighted by atomic mass is 16.5. The molecule has 1 aromatic heterocycles. The number of amides is 1. The van der Waals surface area contributed by atoms with Crippen molar-refractivity contribution in [2.24, 2.45) is 7.05 Å². The minimum atomic E-state index is -0.657. The molecular weight excluding hydrogens is 304 g/mol. The number of esters is 2. The van der Waals surface area contributed by atoms with Crippen LogP contribution in [0.4, 0.5) is 5.69 Å². The average Bonchev–Trinajstić information content (AvgIpc) is 3.00. The smallest absolute Gasteiger partial charge is 0.339 e. The predicted octanol–water partition coefficient (Wildman–Crippen LogP) is 0.641. The van der Waals surface area contributed by atoms with Gasteiger partial charge in [-0.15, -0.1) is 5.10 Å². The van der Waals surface area contributed by atoms with Crippen molar-refractivity contribution in [1.29, 1.82) is 0 Å². The molecule has 2 rings (SSSR count). The molecule has 0 bridgehead atoms. The zero-order valence-electron chi connectivity index (χ0n) is 12.7. The zero-order chi connectivity index (χ0) is 17.0. The molecule has 0 saturated heterocycles. The lowest BCUT2D eigenvalue weighted by Crippen LogP contribution is -2.17. The standard InChI is InChI=1S/C14H14N4O5/c1-18-15-7-11(17-18)12(19)16-10-6-8(13(20)22-2)4-5-9(10)14(21)23-3/h4-7H,1-3H3,(H,16,19). The van der Waals surface area contributed by atoms with Crippen molar-refractivity contribution in [2.45, 2.75) is 0 Å². The van der Waals surface area contributed by atoms with Gasteiger partial charge in [-0.1, -0.05) is 0 Å². The van der Waals surface area contributed by atoms with E-state index in [9.17, 15) is 14.4 Å². The Morgan fingerprint density at radius 3 is 2.39 bits per heavy atom. The van der Waals surface area contributed by atoms with E-state index in [1.54, 1.807) is 7.05 Å². The number of ether oxygens (including phenoxy) is 2. The molecule has 9 heteroatoms. The number of anilines is 1. The maximum absolute atomic E-state index is 12.1. The number of methoxy groups -OCH3 is 2. The topological polar surface area (TPSA) is 112 Å². The van der Waals surface area contributed by atoms with Gasteiger partial charge in [-0.2, -0.15) is 9.90 Å². The summed E-state index contributed by atoms with van der Waals surface area (Å²) in [5.74, 6) is -1.84. The Morgan fingerprint density at radius 1 is 1.13 bits per heavy atom. The summed E-state index contributed by atoms with van der Waals surface area (Å²) < 4.78 is 9.27. The second-order valence-electron chi connectivity index (χ2n) is 4.42. The number of benzene rings is 1. The van der Waals surface area contributed by atoms with Crippen LogP contribution in [-0.4, -0.2) is 47.1 Å². The molecule has 0 aliphatic rings. The van der Waals surface area contributed by atoms with Crippen LogP contribution in [0.5, 0.6) is 0 Å². The van der Waals surface area contributed by atoms with Gasteiger partial charge in [0.1, 0.15) is 0 Å². The van der Waals surface area contributed by atoms with Crippen LogP contribution in [0, 0.1) is 0 Å². The van der Waals surface area contributed by atoms with Crippen molar-refractivity contribution in [2.75, 3.05) is 19.5 Å². The summed E-state index contributed by atoms with van der Waals surface area (Å²) in [7, 11) is 4.01. The first-order valence-electron chi connectivity index (χ1n) is 6.44. The molecule has 9 nitrogen and oxygen atoms in total. The molecule has 1 amide bonds. The van der Waals surface area contributed by atoms with E-state index in [1.165, 1.54) is 43.4 Å². The molecule has 120 valence electrons. The second-order valence-corrected chi connectivity index (χ2v) is 4.42. The fourth-order valence-electron chi connectivity index (χ4n) is 1.82. The predicted molar refractivity (Wildman–Crippen MR) is 78.1 cm³/mol. The van der Waals surface area contributed by atoms with Crippen LogP contribution in [0.25, 0.3) is 0 Å². The third-order valence-corrected chi connectivity index (χ3v) is 2.93. The molecule has 0 atom stereocenters. The highest BCUT2D eigenvalue weighted by Crippen LogP contribution is 2.20. The molecule has 0 spiro atoms. The number of rotatable bonds is 4. The van der Waals surface area contributed by atoms with Gasteiger partial charge in [0.25, 0.3) is 5.91 Å². The molecule has 0 aliphatic heterocycles. The molecule has 0 fully saturated rings. The summed E-state index contributed by atoms with van der Waals surface area (Å²) >= 11 is 0. The Bertz CT molecular complexity index is 768. The molecule has 23 heavy (non-hydrogen) atoms. The molecule has 1 N–H and O–H groups in total. The van der Waals surface area contributed by atoms with Crippen LogP contribution in [0.15, 0.2) is 24.4 Å². The van der Waals surface area contributed by atoms with E-state index in [2.05, 4.69) is 25.0 Å². The maximum atomic E-state index is 12.1. The van der Waals surface area contributed by atoms with E-state index in [1.807, 2.05) is 0 Å². The highest BCUT2D eigenvalue weighted by molar-refractivity contribution is 6.08. The van der Waals surface area contributed by atoms with Crippen molar-refractivity contribution < 1.29 is 23.9 Å². The van der Waals surface area contributed by atoms with E-state index in [0.717, 1.165) is 0 Å². The Hall–Kier alpha value is -3.23. The average molecular weight is 318 g/mol. The Labute approximate surface area is 131 Å². The van der Waals surface area contributed by atoms with Crippen LogP contribution in [0.3, 0.4) is 0 Å². The first-order chi connectivity index (χ1) is 11.0. The number of hydrogen-bond donors (Lipinski definition) is 1. The minimum Gasteiger partial charge on any atom is -0.465 e. The van der Waals surface area contributed by atoms with Gasteiger partial charge >= 0.3 is 11.9 Å². The summed E-state index contributed by atoms with van der Waals surface area (Å²) in [5, 5.41) is 10.2. The quantitative estimate of drug-likeness (QED) is 0.823. The number of aryl methyl sites for hydroxylation is 1. The number of nitrogens with one attached hydrogen (secondary N) is 1. The van der Waals surface area contributed by atoms with E-state index < -0.39 is 17.8 Å². The summed E-state index contributed by atoms with van der Waals surface area (Å²) in [5.41, 5.74) is 0.439. The van der Waals surface area contributed by atoms with E-state index in [-0.39, 0.29) is 22.5 Å². The summed E-state index contributed by atoms with van der Waals surface area (Å²) in [6, 6.07) is 4.09. The number of nitrogens with zero attached hydrogens (tertiary/aromatic N) is 3. The molecule has 0 aliphatic carbocycles. The normalized spacial score (nSPS) is 10.0. The fourth-order valence-corrected chi connectivity index (χ4v) is 1.82. The minimum absolute atomic E-state index is 0.0618. The first-order valence-corrected chi connectivity index (χ1v) is 6.44. The van der Waals surface area contributed by atoms with Crippen LogP contribution in [0.2, 0.25) is 0 Å². The van der Waals surface area contributed by atoms with Crippen molar-refractivity contribution in [3.05, 3.63) is 41.2 Å². The molecule has 0 radical (unpaired) electrons. The SMILES string of the molecule is COC(=O)c1ccc(C(=O)OC)c(NC(=O)c2cnn(C)n2)c1. The molecular formula is C14H14N4O5. The van der Waals surface area contributed by atoms with Crippen molar-refractivity contribution >= 4 is 23.5 Å². The Morgan fingerprint density at radius 2 is 1.83 bits per heavy atom. The van der Waals surface area contributed by atoms with Gasteiger partial charge in [-0.3, -0.25) is 4.79 Å². The number of carbonyl (C=O) groups is 3.